The molecule has 0 saturated heterocycles. The highest BCUT2D eigenvalue weighted by Gasteiger charge is 2.17. The smallest absolute Gasteiger partial charge is 0.271 e. The standard InChI is InChI=1S/C31H31FN4O3S/c1-38-25-12-9-23(29(15-25)39-2)18-36(14-13-22-17-33-27-6-4-3-5-26(22)27)19-30-35-28(20-40-30)31(37)34-16-21-7-10-24(32)11-8-21/h3-12,15,17,20,33H,13-14,16,18-19H2,1-2H3,(H,34,37). The van der Waals surface area contributed by atoms with Crippen molar-refractivity contribution in [2.24, 2.45) is 0 Å². The number of rotatable bonds is 12. The Labute approximate surface area is 236 Å². The molecule has 0 aliphatic heterocycles. The van der Waals surface area contributed by atoms with Crippen molar-refractivity contribution in [3.63, 3.8) is 0 Å². The first-order valence-corrected chi connectivity index (χ1v) is 13.9. The molecular formula is C31H31FN4O3S. The monoisotopic (exact) mass is 558 g/mol. The van der Waals surface area contributed by atoms with E-state index in [4.69, 9.17) is 9.47 Å². The lowest BCUT2D eigenvalue weighted by Crippen LogP contribution is -2.26. The molecular weight excluding hydrogens is 527 g/mol. The number of carbonyl (C=O) groups excluding carboxylic acids is 1. The number of nitrogens with one attached hydrogen (secondary N) is 2. The normalized spacial score (nSPS) is 11.2. The highest BCUT2D eigenvalue weighted by Crippen LogP contribution is 2.27. The van der Waals surface area contributed by atoms with Crippen LogP contribution in [0.15, 0.2) is 78.3 Å². The molecule has 5 rings (SSSR count). The molecule has 5 aromatic rings. The minimum atomic E-state index is -0.305. The number of thiazole rings is 1. The van der Waals surface area contributed by atoms with Gasteiger partial charge in [-0.05, 0) is 41.8 Å². The van der Waals surface area contributed by atoms with Crippen molar-refractivity contribution >= 4 is 28.1 Å². The summed E-state index contributed by atoms with van der Waals surface area (Å²) in [5, 5.41) is 6.71. The average molecular weight is 559 g/mol. The SMILES string of the molecule is COc1ccc(CN(CCc2c[nH]c3ccccc23)Cc2nc(C(=O)NCc3ccc(F)cc3)cs2)c(OC)c1. The highest BCUT2D eigenvalue weighted by molar-refractivity contribution is 7.09. The van der Waals surface area contributed by atoms with E-state index >= 15 is 0 Å². The van der Waals surface area contributed by atoms with E-state index < -0.39 is 0 Å². The molecule has 0 aliphatic carbocycles. The number of para-hydroxylation sites is 1. The van der Waals surface area contributed by atoms with Gasteiger partial charge in [0.25, 0.3) is 5.91 Å². The third kappa shape index (κ3) is 6.67. The van der Waals surface area contributed by atoms with Crippen LogP contribution in [0.3, 0.4) is 0 Å². The Hall–Kier alpha value is -4.21. The van der Waals surface area contributed by atoms with Crippen LogP contribution >= 0.6 is 11.3 Å². The summed E-state index contributed by atoms with van der Waals surface area (Å²) in [5.74, 6) is 0.938. The maximum Gasteiger partial charge on any atom is 0.271 e. The summed E-state index contributed by atoms with van der Waals surface area (Å²) in [5.41, 5.74) is 4.61. The number of halogens is 1. The number of carbonyl (C=O) groups is 1. The number of benzene rings is 3. The van der Waals surface area contributed by atoms with Crippen LogP contribution in [-0.4, -0.2) is 41.5 Å². The lowest BCUT2D eigenvalue weighted by atomic mass is 10.1. The van der Waals surface area contributed by atoms with Crippen LogP contribution in [0.5, 0.6) is 11.5 Å². The Morgan fingerprint density at radius 1 is 1.02 bits per heavy atom. The van der Waals surface area contributed by atoms with Gasteiger partial charge < -0.3 is 19.8 Å². The Morgan fingerprint density at radius 3 is 2.65 bits per heavy atom. The molecule has 0 unspecified atom stereocenters. The fraction of sp³-hybridized carbons (Fsp3) is 0.226. The number of amides is 1. The number of H-pyrrole nitrogens is 1. The summed E-state index contributed by atoms with van der Waals surface area (Å²) in [6.45, 7) is 2.30. The van der Waals surface area contributed by atoms with Crippen LogP contribution < -0.4 is 14.8 Å². The van der Waals surface area contributed by atoms with E-state index in [1.165, 1.54) is 34.4 Å². The van der Waals surface area contributed by atoms with Gasteiger partial charge in [0.15, 0.2) is 0 Å². The molecule has 0 bridgehead atoms. The van der Waals surface area contributed by atoms with Crippen molar-refractivity contribution in [3.05, 3.63) is 112 Å². The first-order valence-electron chi connectivity index (χ1n) is 13.0. The predicted molar refractivity (Wildman–Crippen MR) is 155 cm³/mol. The van der Waals surface area contributed by atoms with E-state index in [0.717, 1.165) is 46.1 Å². The van der Waals surface area contributed by atoms with Crippen LogP contribution in [0.2, 0.25) is 0 Å². The minimum Gasteiger partial charge on any atom is -0.497 e. The lowest BCUT2D eigenvalue weighted by Gasteiger charge is -2.22. The first kappa shape index (κ1) is 27.4. The van der Waals surface area contributed by atoms with E-state index in [1.807, 2.05) is 24.3 Å². The molecule has 0 spiro atoms. The summed E-state index contributed by atoms with van der Waals surface area (Å²) < 4.78 is 24.2. The second kappa shape index (κ2) is 12.8. The zero-order valence-electron chi connectivity index (χ0n) is 22.4. The zero-order valence-corrected chi connectivity index (χ0v) is 23.3. The molecule has 0 fully saturated rings. The van der Waals surface area contributed by atoms with Crippen LogP contribution in [-0.2, 0) is 26.1 Å². The van der Waals surface area contributed by atoms with Gasteiger partial charge >= 0.3 is 0 Å². The molecule has 40 heavy (non-hydrogen) atoms. The van der Waals surface area contributed by atoms with Gasteiger partial charge in [-0.3, -0.25) is 9.69 Å². The number of aromatic amines is 1. The number of fused-ring (bicyclic) bond motifs is 1. The molecule has 3 aromatic carbocycles. The fourth-order valence-corrected chi connectivity index (χ4v) is 5.42. The number of ether oxygens (including phenoxy) is 2. The summed E-state index contributed by atoms with van der Waals surface area (Å²) >= 11 is 1.46. The second-order valence-corrected chi connectivity index (χ2v) is 10.4. The molecule has 0 aliphatic rings. The maximum atomic E-state index is 13.2. The number of nitrogens with zero attached hydrogens (tertiary/aromatic N) is 2. The Morgan fingerprint density at radius 2 is 1.85 bits per heavy atom. The van der Waals surface area contributed by atoms with E-state index in [0.29, 0.717) is 25.3 Å². The van der Waals surface area contributed by atoms with Crippen LogP contribution in [0.1, 0.15) is 32.2 Å². The maximum absolute atomic E-state index is 13.2. The number of hydrogen-bond donors (Lipinski definition) is 2. The summed E-state index contributed by atoms with van der Waals surface area (Å²) in [6.07, 6.45) is 2.92. The first-order chi connectivity index (χ1) is 19.5. The number of hydrogen-bond acceptors (Lipinski definition) is 6. The van der Waals surface area contributed by atoms with Crippen molar-refractivity contribution in [2.75, 3.05) is 20.8 Å². The van der Waals surface area contributed by atoms with Gasteiger partial charge in [0, 0.05) is 53.7 Å². The van der Waals surface area contributed by atoms with Crippen molar-refractivity contribution in [1.82, 2.24) is 20.2 Å². The molecule has 206 valence electrons. The molecule has 0 radical (unpaired) electrons. The zero-order chi connectivity index (χ0) is 27.9. The Balaban J connectivity index is 1.30. The summed E-state index contributed by atoms with van der Waals surface area (Å²) in [7, 11) is 3.30. The van der Waals surface area contributed by atoms with Gasteiger partial charge in [0.05, 0.1) is 20.8 Å². The van der Waals surface area contributed by atoms with Crippen molar-refractivity contribution < 1.29 is 18.7 Å². The largest absolute Gasteiger partial charge is 0.497 e. The van der Waals surface area contributed by atoms with Gasteiger partial charge in [0.2, 0.25) is 0 Å². The Bertz CT molecular complexity index is 1580. The third-order valence-corrected chi connectivity index (χ3v) is 7.60. The highest BCUT2D eigenvalue weighted by atomic mass is 32.1. The lowest BCUT2D eigenvalue weighted by molar-refractivity contribution is 0.0946. The summed E-state index contributed by atoms with van der Waals surface area (Å²) in [6, 6.07) is 20.2. The molecule has 1 amide bonds. The number of methoxy groups -OCH3 is 2. The third-order valence-electron chi connectivity index (χ3n) is 6.77. The van der Waals surface area contributed by atoms with Crippen molar-refractivity contribution in [2.45, 2.75) is 26.1 Å². The molecule has 9 heteroatoms. The molecule has 7 nitrogen and oxygen atoms in total. The van der Waals surface area contributed by atoms with Crippen LogP contribution in [0, 0.1) is 5.82 Å². The predicted octanol–water partition coefficient (Wildman–Crippen LogP) is 5.96. The summed E-state index contributed by atoms with van der Waals surface area (Å²) in [4.78, 5) is 23.0. The average Bonchev–Trinajstić information content (AvgIpc) is 3.63. The minimum absolute atomic E-state index is 0.256. The van der Waals surface area contributed by atoms with Crippen LogP contribution in [0.4, 0.5) is 4.39 Å². The molecule has 2 N–H and O–H groups in total. The van der Waals surface area contributed by atoms with E-state index in [1.54, 1.807) is 31.7 Å². The van der Waals surface area contributed by atoms with Gasteiger partial charge in [-0.25, -0.2) is 9.37 Å². The van der Waals surface area contributed by atoms with Gasteiger partial charge in [-0.2, -0.15) is 0 Å². The topological polar surface area (TPSA) is 79.5 Å². The quantitative estimate of drug-likeness (QED) is 0.198. The second-order valence-electron chi connectivity index (χ2n) is 9.43. The molecule has 0 atom stereocenters. The van der Waals surface area contributed by atoms with Crippen LogP contribution in [0.25, 0.3) is 10.9 Å². The number of aromatic nitrogens is 2. The van der Waals surface area contributed by atoms with Crippen molar-refractivity contribution in [3.8, 4) is 11.5 Å². The van der Waals surface area contributed by atoms with Gasteiger partial charge in [-0.1, -0.05) is 36.4 Å². The molecule has 2 aromatic heterocycles. The molecule has 0 saturated carbocycles. The van der Waals surface area contributed by atoms with E-state index in [-0.39, 0.29) is 11.7 Å². The Kier molecular flexibility index (Phi) is 8.73. The van der Waals surface area contributed by atoms with E-state index in [2.05, 4.69) is 44.6 Å². The molecule has 2 heterocycles. The van der Waals surface area contributed by atoms with Crippen molar-refractivity contribution in [1.29, 1.82) is 0 Å². The van der Waals surface area contributed by atoms with E-state index in [9.17, 15) is 9.18 Å². The van der Waals surface area contributed by atoms with Gasteiger partial charge in [-0.15, -0.1) is 11.3 Å². The van der Waals surface area contributed by atoms with Gasteiger partial charge in [0.1, 0.15) is 28.0 Å². The fourth-order valence-electron chi connectivity index (χ4n) is 4.61.